The fourth-order valence-corrected chi connectivity index (χ4v) is 1.91. The van der Waals surface area contributed by atoms with Gasteiger partial charge in [-0.15, -0.1) is 0 Å². The van der Waals surface area contributed by atoms with Crippen LogP contribution < -0.4 is 0 Å². The lowest BCUT2D eigenvalue weighted by Crippen LogP contribution is -1.92. The molecule has 0 aliphatic rings. The van der Waals surface area contributed by atoms with Crippen molar-refractivity contribution in [2.75, 3.05) is 0 Å². The van der Waals surface area contributed by atoms with Gasteiger partial charge in [0, 0.05) is 17.2 Å². The van der Waals surface area contributed by atoms with Crippen LogP contribution in [-0.4, -0.2) is 9.97 Å². The van der Waals surface area contributed by atoms with Gasteiger partial charge in [-0.25, -0.2) is 4.98 Å². The number of H-pyrrole nitrogens is 1. The van der Waals surface area contributed by atoms with Crippen LogP contribution in [0.15, 0.2) is 30.3 Å². The van der Waals surface area contributed by atoms with Gasteiger partial charge in [0.25, 0.3) is 0 Å². The Hall–Kier alpha value is -1.57. The number of nitrogens with zero attached hydrogens (tertiary/aromatic N) is 1. The predicted octanol–water partition coefficient (Wildman–Crippen LogP) is 4.32. The van der Waals surface area contributed by atoms with E-state index in [9.17, 15) is 0 Å². The molecule has 0 atom stereocenters. The maximum Gasteiger partial charge on any atom is 0.109 e. The summed E-state index contributed by atoms with van der Waals surface area (Å²) in [5.41, 5.74) is 3.53. The van der Waals surface area contributed by atoms with E-state index in [1.54, 1.807) is 0 Å². The first kappa shape index (κ1) is 11.9. The Labute approximate surface area is 103 Å². The van der Waals surface area contributed by atoms with E-state index >= 15 is 0 Å². The van der Waals surface area contributed by atoms with Gasteiger partial charge in [0.1, 0.15) is 5.82 Å². The van der Waals surface area contributed by atoms with Crippen molar-refractivity contribution >= 4 is 0 Å². The molecule has 2 aromatic rings. The standard InChI is InChI=1S/C15H20N2/c1-10(2)13-14(12-8-6-5-7-9-12)17-15(16-13)11(3)4/h5-11H,1-4H3,(H,16,17). The molecule has 1 N–H and O–H groups in total. The summed E-state index contributed by atoms with van der Waals surface area (Å²) in [6.45, 7) is 8.73. The van der Waals surface area contributed by atoms with Gasteiger partial charge >= 0.3 is 0 Å². The van der Waals surface area contributed by atoms with Crippen molar-refractivity contribution in [3.63, 3.8) is 0 Å². The monoisotopic (exact) mass is 228 g/mol. The number of hydrogen-bond donors (Lipinski definition) is 1. The summed E-state index contributed by atoms with van der Waals surface area (Å²) in [5, 5.41) is 0. The summed E-state index contributed by atoms with van der Waals surface area (Å²) >= 11 is 0. The highest BCUT2D eigenvalue weighted by Crippen LogP contribution is 2.28. The molecule has 2 rings (SSSR count). The molecule has 0 aliphatic carbocycles. The van der Waals surface area contributed by atoms with Crippen LogP contribution in [0.5, 0.6) is 0 Å². The summed E-state index contributed by atoms with van der Waals surface area (Å²) in [5.74, 6) is 1.97. The Balaban J connectivity index is 2.52. The van der Waals surface area contributed by atoms with Crippen LogP contribution in [-0.2, 0) is 0 Å². The maximum atomic E-state index is 4.75. The van der Waals surface area contributed by atoms with Gasteiger partial charge in [-0.3, -0.25) is 0 Å². The Morgan fingerprint density at radius 2 is 1.59 bits per heavy atom. The molecule has 0 aliphatic heterocycles. The van der Waals surface area contributed by atoms with Gasteiger partial charge in [-0.2, -0.15) is 0 Å². The van der Waals surface area contributed by atoms with Gasteiger partial charge in [0.05, 0.1) is 5.69 Å². The largest absolute Gasteiger partial charge is 0.345 e. The first-order valence-corrected chi connectivity index (χ1v) is 6.24. The number of rotatable bonds is 3. The van der Waals surface area contributed by atoms with Crippen molar-refractivity contribution in [1.29, 1.82) is 0 Å². The summed E-state index contributed by atoms with van der Waals surface area (Å²) < 4.78 is 0. The number of aromatic nitrogens is 2. The van der Waals surface area contributed by atoms with Gasteiger partial charge in [-0.1, -0.05) is 58.0 Å². The highest BCUT2D eigenvalue weighted by Gasteiger charge is 2.15. The first-order chi connectivity index (χ1) is 8.09. The van der Waals surface area contributed by atoms with E-state index < -0.39 is 0 Å². The number of imidazole rings is 1. The third-order valence-corrected chi connectivity index (χ3v) is 2.92. The minimum absolute atomic E-state index is 0.435. The maximum absolute atomic E-state index is 4.75. The van der Waals surface area contributed by atoms with E-state index in [1.807, 2.05) is 6.07 Å². The zero-order chi connectivity index (χ0) is 12.4. The molecule has 90 valence electrons. The Kier molecular flexibility index (Phi) is 3.32. The van der Waals surface area contributed by atoms with E-state index in [0.29, 0.717) is 11.8 Å². The molecular weight excluding hydrogens is 208 g/mol. The molecule has 0 unspecified atom stereocenters. The smallest absolute Gasteiger partial charge is 0.109 e. The lowest BCUT2D eigenvalue weighted by atomic mass is 10.0. The Morgan fingerprint density at radius 3 is 2.12 bits per heavy atom. The fourth-order valence-electron chi connectivity index (χ4n) is 1.91. The Bertz CT molecular complexity index is 481. The van der Waals surface area contributed by atoms with Crippen LogP contribution in [0.4, 0.5) is 0 Å². The van der Waals surface area contributed by atoms with Crippen LogP contribution in [0.1, 0.15) is 51.0 Å². The molecule has 0 radical (unpaired) electrons. The average molecular weight is 228 g/mol. The molecule has 1 aromatic heterocycles. The fraction of sp³-hybridized carbons (Fsp3) is 0.400. The van der Waals surface area contributed by atoms with Crippen LogP contribution in [0, 0.1) is 0 Å². The molecule has 1 heterocycles. The molecule has 17 heavy (non-hydrogen) atoms. The lowest BCUT2D eigenvalue weighted by molar-refractivity contribution is 0.771. The van der Waals surface area contributed by atoms with Gasteiger partial charge in [-0.05, 0) is 5.92 Å². The zero-order valence-corrected chi connectivity index (χ0v) is 11.0. The Morgan fingerprint density at radius 1 is 0.941 bits per heavy atom. The predicted molar refractivity (Wildman–Crippen MR) is 72.2 cm³/mol. The van der Waals surface area contributed by atoms with Crippen molar-refractivity contribution in [3.8, 4) is 11.3 Å². The highest BCUT2D eigenvalue weighted by molar-refractivity contribution is 5.62. The summed E-state index contributed by atoms with van der Waals surface area (Å²) in [7, 11) is 0. The second-order valence-electron chi connectivity index (χ2n) is 5.06. The number of hydrogen-bond acceptors (Lipinski definition) is 1. The van der Waals surface area contributed by atoms with Crippen molar-refractivity contribution in [2.24, 2.45) is 0 Å². The minimum atomic E-state index is 0.435. The third-order valence-electron chi connectivity index (χ3n) is 2.92. The van der Waals surface area contributed by atoms with Crippen molar-refractivity contribution in [2.45, 2.75) is 39.5 Å². The van der Waals surface area contributed by atoms with Gasteiger partial charge in [0.2, 0.25) is 0 Å². The van der Waals surface area contributed by atoms with Crippen LogP contribution in [0.25, 0.3) is 11.3 Å². The van der Waals surface area contributed by atoms with E-state index in [-0.39, 0.29) is 0 Å². The topological polar surface area (TPSA) is 28.7 Å². The molecule has 0 bridgehead atoms. The average Bonchev–Trinajstić information content (AvgIpc) is 2.75. The summed E-state index contributed by atoms with van der Waals surface area (Å²) in [6.07, 6.45) is 0. The quantitative estimate of drug-likeness (QED) is 0.832. The molecule has 2 nitrogen and oxygen atoms in total. The van der Waals surface area contributed by atoms with E-state index in [4.69, 9.17) is 4.98 Å². The molecule has 2 heteroatoms. The van der Waals surface area contributed by atoms with Crippen LogP contribution in [0.3, 0.4) is 0 Å². The number of nitrogens with one attached hydrogen (secondary N) is 1. The molecule has 0 spiro atoms. The first-order valence-electron chi connectivity index (χ1n) is 6.24. The zero-order valence-electron chi connectivity index (χ0n) is 11.0. The minimum Gasteiger partial charge on any atom is -0.345 e. The van der Waals surface area contributed by atoms with Crippen LogP contribution in [0.2, 0.25) is 0 Å². The lowest BCUT2D eigenvalue weighted by Gasteiger charge is -2.05. The normalized spacial score (nSPS) is 11.4. The molecule has 1 aromatic carbocycles. The van der Waals surface area contributed by atoms with Crippen molar-refractivity contribution in [1.82, 2.24) is 9.97 Å². The second kappa shape index (κ2) is 4.74. The van der Waals surface area contributed by atoms with Gasteiger partial charge < -0.3 is 4.98 Å². The van der Waals surface area contributed by atoms with E-state index in [2.05, 4.69) is 56.9 Å². The van der Waals surface area contributed by atoms with Gasteiger partial charge in [0.15, 0.2) is 0 Å². The van der Waals surface area contributed by atoms with E-state index in [1.165, 1.54) is 11.3 Å². The molecule has 0 fully saturated rings. The SMILES string of the molecule is CC(C)c1nc(-c2ccccc2)c(C(C)C)[nH]1. The molecule has 0 saturated heterocycles. The van der Waals surface area contributed by atoms with E-state index in [0.717, 1.165) is 11.5 Å². The van der Waals surface area contributed by atoms with Crippen LogP contribution >= 0.6 is 0 Å². The second-order valence-corrected chi connectivity index (χ2v) is 5.06. The highest BCUT2D eigenvalue weighted by atomic mass is 14.9. The summed E-state index contributed by atoms with van der Waals surface area (Å²) in [6, 6.07) is 10.4. The molecule has 0 saturated carbocycles. The number of benzene rings is 1. The summed E-state index contributed by atoms with van der Waals surface area (Å²) in [4.78, 5) is 8.21. The molecular formula is C15H20N2. The molecule has 0 amide bonds. The number of aromatic amines is 1. The van der Waals surface area contributed by atoms with Crippen molar-refractivity contribution in [3.05, 3.63) is 41.9 Å². The third kappa shape index (κ3) is 2.41. The van der Waals surface area contributed by atoms with Crippen molar-refractivity contribution < 1.29 is 0 Å².